The van der Waals surface area contributed by atoms with E-state index in [0.29, 0.717) is 25.7 Å². The maximum absolute atomic E-state index is 11.4. The van der Waals surface area contributed by atoms with E-state index in [1.807, 2.05) is 0 Å². The summed E-state index contributed by atoms with van der Waals surface area (Å²) >= 11 is 0. The Hall–Kier alpha value is -1.69. The first-order chi connectivity index (χ1) is 8.27. The molecule has 94 valence electrons. The molecule has 0 aromatic carbocycles. The molecule has 0 saturated heterocycles. The Bertz CT molecular complexity index is 358. The molecule has 1 aromatic rings. The van der Waals surface area contributed by atoms with Crippen LogP contribution in [0.15, 0.2) is 12.3 Å². The van der Waals surface area contributed by atoms with Crippen molar-refractivity contribution in [1.82, 2.24) is 9.97 Å². The van der Waals surface area contributed by atoms with Crippen LogP contribution < -0.4 is 5.32 Å². The predicted molar refractivity (Wildman–Crippen MR) is 63.0 cm³/mol. The molecule has 17 heavy (non-hydrogen) atoms. The average molecular weight is 239 g/mol. The average Bonchev–Trinajstić information content (AvgIpc) is 2.35. The summed E-state index contributed by atoms with van der Waals surface area (Å²) in [5.74, 6) is -0.0125. The van der Waals surface area contributed by atoms with Gasteiger partial charge in [0.2, 0.25) is 5.95 Å². The third kappa shape index (κ3) is 4.78. The normalized spacial score (nSPS) is 10.0. The summed E-state index contributed by atoms with van der Waals surface area (Å²) in [6, 6.07) is 1.53. The summed E-state index contributed by atoms with van der Waals surface area (Å²) in [5, 5.41) is 3.01. The van der Waals surface area contributed by atoms with Gasteiger partial charge >= 0.3 is 5.97 Å². The van der Waals surface area contributed by atoms with E-state index in [-0.39, 0.29) is 5.69 Å². The Morgan fingerprint density at radius 2 is 2.35 bits per heavy atom. The van der Waals surface area contributed by atoms with Crippen LogP contribution in [0.4, 0.5) is 5.95 Å². The van der Waals surface area contributed by atoms with Gasteiger partial charge in [0.1, 0.15) is 0 Å². The van der Waals surface area contributed by atoms with E-state index in [9.17, 15) is 4.79 Å². The number of ether oxygens (including phenoxy) is 2. The van der Waals surface area contributed by atoms with Gasteiger partial charge in [-0.15, -0.1) is 0 Å². The Morgan fingerprint density at radius 1 is 1.53 bits per heavy atom. The zero-order valence-corrected chi connectivity index (χ0v) is 10.1. The lowest BCUT2D eigenvalue weighted by Crippen LogP contribution is -2.12. The number of nitrogens with zero attached hydrogens (tertiary/aromatic N) is 2. The van der Waals surface area contributed by atoms with Gasteiger partial charge in [0.25, 0.3) is 0 Å². The van der Waals surface area contributed by atoms with Gasteiger partial charge in [0, 0.05) is 26.5 Å². The smallest absolute Gasteiger partial charge is 0.357 e. The van der Waals surface area contributed by atoms with Gasteiger partial charge in [-0.3, -0.25) is 0 Å². The number of hydrogen-bond acceptors (Lipinski definition) is 6. The summed E-state index contributed by atoms with van der Waals surface area (Å²) in [7, 11) is 1.65. The van der Waals surface area contributed by atoms with Gasteiger partial charge in [0.15, 0.2) is 5.69 Å². The predicted octanol–water partition coefficient (Wildman–Crippen LogP) is 1.10. The van der Waals surface area contributed by atoms with Crippen LogP contribution in [0.1, 0.15) is 23.8 Å². The molecule has 6 nitrogen and oxygen atoms in total. The van der Waals surface area contributed by atoms with Crippen LogP contribution in [0.2, 0.25) is 0 Å². The molecule has 1 aromatic heterocycles. The quantitative estimate of drug-likeness (QED) is 0.567. The van der Waals surface area contributed by atoms with Gasteiger partial charge in [-0.2, -0.15) is 0 Å². The summed E-state index contributed by atoms with van der Waals surface area (Å²) in [6.45, 7) is 3.45. The number of nitrogens with one attached hydrogen (secondary N) is 1. The zero-order valence-electron chi connectivity index (χ0n) is 10.1. The molecule has 0 radical (unpaired) electrons. The second kappa shape index (κ2) is 7.56. The summed E-state index contributed by atoms with van der Waals surface area (Å²) in [6.07, 6.45) is 2.38. The van der Waals surface area contributed by atoms with E-state index in [0.717, 1.165) is 6.42 Å². The SMILES string of the molecule is CCOC(=O)c1ccnc(NCCCOC)n1. The first kappa shape index (κ1) is 13.4. The van der Waals surface area contributed by atoms with Crippen LogP contribution in [-0.4, -0.2) is 42.8 Å². The van der Waals surface area contributed by atoms with Gasteiger partial charge in [-0.1, -0.05) is 0 Å². The van der Waals surface area contributed by atoms with Crippen LogP contribution >= 0.6 is 0 Å². The highest BCUT2D eigenvalue weighted by molar-refractivity contribution is 5.87. The molecule has 0 fully saturated rings. The van der Waals surface area contributed by atoms with Gasteiger partial charge < -0.3 is 14.8 Å². The van der Waals surface area contributed by atoms with E-state index < -0.39 is 5.97 Å². The van der Waals surface area contributed by atoms with Crippen LogP contribution in [-0.2, 0) is 9.47 Å². The van der Waals surface area contributed by atoms with Crippen molar-refractivity contribution in [3.8, 4) is 0 Å². The van der Waals surface area contributed by atoms with Crippen molar-refractivity contribution in [3.05, 3.63) is 18.0 Å². The van der Waals surface area contributed by atoms with E-state index in [1.165, 1.54) is 12.3 Å². The lowest BCUT2D eigenvalue weighted by atomic mass is 10.4. The molecule has 0 aliphatic rings. The molecule has 0 spiro atoms. The highest BCUT2D eigenvalue weighted by Gasteiger charge is 2.08. The number of esters is 1. The monoisotopic (exact) mass is 239 g/mol. The lowest BCUT2D eigenvalue weighted by molar-refractivity contribution is 0.0519. The Balaban J connectivity index is 2.50. The number of aromatic nitrogens is 2. The minimum absolute atomic E-state index is 0.260. The van der Waals surface area contributed by atoms with E-state index in [1.54, 1.807) is 14.0 Å². The van der Waals surface area contributed by atoms with Crippen LogP contribution in [0.5, 0.6) is 0 Å². The van der Waals surface area contributed by atoms with Gasteiger partial charge in [0.05, 0.1) is 6.61 Å². The molecule has 0 aliphatic heterocycles. The second-order valence-corrected chi connectivity index (χ2v) is 3.26. The number of rotatable bonds is 7. The lowest BCUT2D eigenvalue weighted by Gasteiger charge is -2.05. The fourth-order valence-electron chi connectivity index (χ4n) is 1.18. The molecule has 0 amide bonds. The first-order valence-corrected chi connectivity index (χ1v) is 5.51. The molecule has 0 saturated carbocycles. The van der Waals surface area contributed by atoms with Crippen molar-refractivity contribution >= 4 is 11.9 Å². The fraction of sp³-hybridized carbons (Fsp3) is 0.545. The van der Waals surface area contributed by atoms with Crippen molar-refractivity contribution in [2.24, 2.45) is 0 Å². The number of anilines is 1. The fourth-order valence-corrected chi connectivity index (χ4v) is 1.18. The van der Waals surface area contributed by atoms with Crippen molar-refractivity contribution in [2.75, 3.05) is 32.2 Å². The first-order valence-electron chi connectivity index (χ1n) is 5.51. The molecule has 0 unspecified atom stereocenters. The maximum atomic E-state index is 11.4. The van der Waals surface area contributed by atoms with Crippen LogP contribution in [0.25, 0.3) is 0 Å². The molecule has 0 aliphatic carbocycles. The standard InChI is InChI=1S/C11H17N3O3/c1-3-17-10(15)9-5-7-13-11(14-9)12-6-4-8-16-2/h5,7H,3-4,6,8H2,1-2H3,(H,12,13,14). The van der Waals surface area contributed by atoms with Crippen molar-refractivity contribution in [2.45, 2.75) is 13.3 Å². The van der Waals surface area contributed by atoms with Crippen molar-refractivity contribution < 1.29 is 14.3 Å². The molecule has 0 bridgehead atoms. The molecule has 6 heteroatoms. The third-order valence-corrected chi connectivity index (χ3v) is 1.95. The van der Waals surface area contributed by atoms with Crippen LogP contribution in [0, 0.1) is 0 Å². The van der Waals surface area contributed by atoms with Crippen molar-refractivity contribution in [1.29, 1.82) is 0 Å². The maximum Gasteiger partial charge on any atom is 0.357 e. The third-order valence-electron chi connectivity index (χ3n) is 1.95. The number of carbonyl (C=O) groups excluding carboxylic acids is 1. The second-order valence-electron chi connectivity index (χ2n) is 3.26. The number of hydrogen-bond donors (Lipinski definition) is 1. The molecular formula is C11H17N3O3. The van der Waals surface area contributed by atoms with Gasteiger partial charge in [-0.05, 0) is 19.4 Å². The highest BCUT2D eigenvalue weighted by atomic mass is 16.5. The van der Waals surface area contributed by atoms with Gasteiger partial charge in [-0.25, -0.2) is 14.8 Å². The van der Waals surface area contributed by atoms with Crippen molar-refractivity contribution in [3.63, 3.8) is 0 Å². The van der Waals surface area contributed by atoms with E-state index in [2.05, 4.69) is 15.3 Å². The molecule has 1 N–H and O–H groups in total. The molecular weight excluding hydrogens is 222 g/mol. The largest absolute Gasteiger partial charge is 0.461 e. The number of methoxy groups -OCH3 is 1. The molecule has 1 rings (SSSR count). The Labute approximate surface area is 100 Å². The summed E-state index contributed by atoms with van der Waals surface area (Å²) < 4.78 is 9.77. The van der Waals surface area contributed by atoms with E-state index >= 15 is 0 Å². The van der Waals surface area contributed by atoms with E-state index in [4.69, 9.17) is 9.47 Å². The topological polar surface area (TPSA) is 73.3 Å². The zero-order chi connectivity index (χ0) is 12.5. The Kier molecular flexibility index (Phi) is 5.95. The molecule has 0 atom stereocenters. The highest BCUT2D eigenvalue weighted by Crippen LogP contribution is 2.02. The van der Waals surface area contributed by atoms with Crippen LogP contribution in [0.3, 0.4) is 0 Å². The number of carbonyl (C=O) groups is 1. The summed E-state index contributed by atoms with van der Waals surface area (Å²) in [5.41, 5.74) is 0.260. The molecule has 1 heterocycles. The summed E-state index contributed by atoms with van der Waals surface area (Å²) in [4.78, 5) is 19.5. The minimum Gasteiger partial charge on any atom is -0.461 e. The minimum atomic E-state index is -0.435. The Morgan fingerprint density at radius 3 is 3.06 bits per heavy atom.